The normalized spacial score (nSPS) is 15.9. The lowest BCUT2D eigenvalue weighted by molar-refractivity contribution is 0.512. The molecule has 17 heavy (non-hydrogen) atoms. The molecule has 90 valence electrons. The summed E-state index contributed by atoms with van der Waals surface area (Å²) in [5.41, 5.74) is 2.48. The van der Waals surface area contributed by atoms with Gasteiger partial charge in [0.05, 0.1) is 11.0 Å². The average molecular weight is 228 g/mol. The number of aromatic nitrogens is 2. The average Bonchev–Trinajstić information content (AvgIpc) is 3.08. The molecule has 1 saturated carbocycles. The van der Waals surface area contributed by atoms with E-state index in [1.165, 1.54) is 30.6 Å². The summed E-state index contributed by atoms with van der Waals surface area (Å²) in [6.45, 7) is 5.69. The van der Waals surface area contributed by atoms with Crippen molar-refractivity contribution in [2.24, 2.45) is 5.92 Å². The van der Waals surface area contributed by atoms with Gasteiger partial charge in [0.2, 0.25) is 0 Å². The second kappa shape index (κ2) is 4.17. The van der Waals surface area contributed by atoms with E-state index < -0.39 is 0 Å². The molecule has 1 aromatic heterocycles. The summed E-state index contributed by atoms with van der Waals surface area (Å²) in [5, 5.41) is 0. The van der Waals surface area contributed by atoms with E-state index in [9.17, 15) is 0 Å². The van der Waals surface area contributed by atoms with Gasteiger partial charge in [0.15, 0.2) is 0 Å². The molecule has 0 aliphatic heterocycles. The Balaban J connectivity index is 2.01. The van der Waals surface area contributed by atoms with E-state index in [0.717, 1.165) is 23.9 Å². The molecule has 0 radical (unpaired) electrons. The van der Waals surface area contributed by atoms with E-state index in [1.54, 1.807) is 0 Å². The fourth-order valence-electron chi connectivity index (χ4n) is 2.37. The first-order chi connectivity index (χ1) is 8.25. The van der Waals surface area contributed by atoms with Gasteiger partial charge in [-0.15, -0.1) is 0 Å². The van der Waals surface area contributed by atoms with Crippen molar-refractivity contribution in [2.45, 2.75) is 45.6 Å². The molecule has 0 spiro atoms. The second-order valence-corrected chi connectivity index (χ2v) is 5.57. The molecular weight excluding hydrogens is 208 g/mol. The topological polar surface area (TPSA) is 17.8 Å². The van der Waals surface area contributed by atoms with E-state index in [0.29, 0.717) is 0 Å². The lowest BCUT2D eigenvalue weighted by atomic mass is 10.1. The Kier molecular flexibility index (Phi) is 2.65. The van der Waals surface area contributed by atoms with Gasteiger partial charge in [0.25, 0.3) is 0 Å². The number of hydrogen-bond donors (Lipinski definition) is 0. The van der Waals surface area contributed by atoms with Crippen LogP contribution in [0, 0.1) is 5.92 Å². The lowest BCUT2D eigenvalue weighted by Gasteiger charge is -2.10. The zero-order valence-corrected chi connectivity index (χ0v) is 10.7. The predicted molar refractivity (Wildman–Crippen MR) is 71.2 cm³/mol. The minimum atomic E-state index is 0.731. The van der Waals surface area contributed by atoms with Gasteiger partial charge in [-0.3, -0.25) is 0 Å². The molecule has 1 aliphatic carbocycles. The third kappa shape index (κ3) is 2.08. The van der Waals surface area contributed by atoms with E-state index in [-0.39, 0.29) is 0 Å². The number of hydrogen-bond acceptors (Lipinski definition) is 1. The van der Waals surface area contributed by atoms with Crippen molar-refractivity contribution in [3.05, 3.63) is 30.1 Å². The molecule has 2 nitrogen and oxygen atoms in total. The first-order valence-electron chi connectivity index (χ1n) is 6.71. The maximum absolute atomic E-state index is 4.82. The van der Waals surface area contributed by atoms with Gasteiger partial charge in [0, 0.05) is 12.5 Å². The lowest BCUT2D eigenvalue weighted by Crippen LogP contribution is -2.05. The Morgan fingerprint density at radius 1 is 1.29 bits per heavy atom. The van der Waals surface area contributed by atoms with Crippen LogP contribution in [0.3, 0.4) is 0 Å². The smallest absolute Gasteiger partial charge is 0.112 e. The SMILES string of the molecule is CC(C)CCn1c(C2CC2)nc2ccccc21. The van der Waals surface area contributed by atoms with Crippen LogP contribution in [0.25, 0.3) is 11.0 Å². The highest BCUT2D eigenvalue weighted by atomic mass is 15.1. The number of nitrogens with zero attached hydrogens (tertiary/aromatic N) is 2. The van der Waals surface area contributed by atoms with Crippen LogP contribution in [0.2, 0.25) is 0 Å². The molecular formula is C15H20N2. The van der Waals surface area contributed by atoms with Crippen LogP contribution in [0.15, 0.2) is 24.3 Å². The summed E-state index contributed by atoms with van der Waals surface area (Å²) in [7, 11) is 0. The van der Waals surface area contributed by atoms with Crippen molar-refractivity contribution in [1.29, 1.82) is 0 Å². The molecule has 2 aromatic rings. The van der Waals surface area contributed by atoms with Crippen molar-refractivity contribution < 1.29 is 0 Å². The summed E-state index contributed by atoms with van der Waals surface area (Å²) < 4.78 is 2.45. The Morgan fingerprint density at radius 2 is 2.06 bits per heavy atom. The molecule has 1 fully saturated rings. The standard InChI is InChI=1S/C15H20N2/c1-11(2)9-10-17-14-6-4-3-5-13(14)16-15(17)12-7-8-12/h3-6,11-12H,7-10H2,1-2H3. The summed E-state index contributed by atoms with van der Waals surface area (Å²) in [5.74, 6) is 2.81. The monoisotopic (exact) mass is 228 g/mol. The minimum absolute atomic E-state index is 0.731. The number of para-hydroxylation sites is 2. The van der Waals surface area contributed by atoms with Gasteiger partial charge in [-0.25, -0.2) is 4.98 Å². The zero-order valence-electron chi connectivity index (χ0n) is 10.7. The highest BCUT2D eigenvalue weighted by Gasteiger charge is 2.29. The number of benzene rings is 1. The van der Waals surface area contributed by atoms with Crippen LogP contribution in [0.5, 0.6) is 0 Å². The molecule has 1 aliphatic rings. The summed E-state index contributed by atoms with van der Waals surface area (Å²) in [4.78, 5) is 4.82. The van der Waals surface area contributed by atoms with Gasteiger partial charge in [-0.2, -0.15) is 0 Å². The van der Waals surface area contributed by atoms with Gasteiger partial charge in [-0.1, -0.05) is 26.0 Å². The first-order valence-corrected chi connectivity index (χ1v) is 6.71. The third-order valence-electron chi connectivity index (χ3n) is 3.56. The number of imidazole rings is 1. The van der Waals surface area contributed by atoms with Gasteiger partial charge in [0.1, 0.15) is 5.82 Å². The predicted octanol–water partition coefficient (Wildman–Crippen LogP) is 3.96. The minimum Gasteiger partial charge on any atom is -0.328 e. The molecule has 3 rings (SSSR count). The van der Waals surface area contributed by atoms with Gasteiger partial charge in [-0.05, 0) is 37.3 Å². The van der Waals surface area contributed by atoms with Crippen molar-refractivity contribution >= 4 is 11.0 Å². The van der Waals surface area contributed by atoms with Crippen LogP contribution in [-0.2, 0) is 6.54 Å². The van der Waals surface area contributed by atoms with Crippen LogP contribution >= 0.6 is 0 Å². The summed E-state index contributed by atoms with van der Waals surface area (Å²) >= 11 is 0. The molecule has 1 aromatic carbocycles. The van der Waals surface area contributed by atoms with E-state index >= 15 is 0 Å². The highest BCUT2D eigenvalue weighted by molar-refractivity contribution is 5.76. The fraction of sp³-hybridized carbons (Fsp3) is 0.533. The number of aryl methyl sites for hydroxylation is 1. The quantitative estimate of drug-likeness (QED) is 0.774. The molecule has 1 heterocycles. The fourth-order valence-corrected chi connectivity index (χ4v) is 2.37. The second-order valence-electron chi connectivity index (χ2n) is 5.57. The number of fused-ring (bicyclic) bond motifs is 1. The molecule has 2 heteroatoms. The maximum atomic E-state index is 4.82. The Labute approximate surface area is 103 Å². The largest absolute Gasteiger partial charge is 0.328 e. The summed E-state index contributed by atoms with van der Waals surface area (Å²) in [6.07, 6.45) is 3.88. The summed E-state index contributed by atoms with van der Waals surface area (Å²) in [6, 6.07) is 8.53. The Hall–Kier alpha value is -1.31. The van der Waals surface area contributed by atoms with Crippen LogP contribution in [0.4, 0.5) is 0 Å². The molecule has 0 atom stereocenters. The zero-order chi connectivity index (χ0) is 11.8. The third-order valence-corrected chi connectivity index (χ3v) is 3.56. The molecule has 0 bridgehead atoms. The van der Waals surface area contributed by atoms with Crippen molar-refractivity contribution in [2.75, 3.05) is 0 Å². The van der Waals surface area contributed by atoms with Crippen molar-refractivity contribution in [1.82, 2.24) is 9.55 Å². The Bertz CT molecular complexity index is 521. The van der Waals surface area contributed by atoms with E-state index in [1.807, 2.05) is 0 Å². The number of rotatable bonds is 4. The molecule has 0 unspecified atom stereocenters. The molecule has 0 N–H and O–H groups in total. The van der Waals surface area contributed by atoms with Crippen LogP contribution < -0.4 is 0 Å². The Morgan fingerprint density at radius 3 is 2.76 bits per heavy atom. The van der Waals surface area contributed by atoms with Gasteiger partial charge >= 0.3 is 0 Å². The van der Waals surface area contributed by atoms with Gasteiger partial charge < -0.3 is 4.57 Å². The molecule has 0 saturated heterocycles. The maximum Gasteiger partial charge on any atom is 0.112 e. The molecule has 0 amide bonds. The highest BCUT2D eigenvalue weighted by Crippen LogP contribution is 2.40. The van der Waals surface area contributed by atoms with Crippen LogP contribution in [-0.4, -0.2) is 9.55 Å². The van der Waals surface area contributed by atoms with E-state index in [4.69, 9.17) is 4.98 Å². The first kappa shape index (κ1) is 10.8. The van der Waals surface area contributed by atoms with Crippen molar-refractivity contribution in [3.8, 4) is 0 Å². The van der Waals surface area contributed by atoms with Crippen LogP contribution in [0.1, 0.15) is 44.9 Å². The van der Waals surface area contributed by atoms with E-state index in [2.05, 4.69) is 42.7 Å². The van der Waals surface area contributed by atoms with Crippen molar-refractivity contribution in [3.63, 3.8) is 0 Å².